The van der Waals surface area contributed by atoms with Crippen LogP contribution in [0.5, 0.6) is 0 Å². The van der Waals surface area contributed by atoms with E-state index in [1.54, 1.807) is 6.08 Å². The van der Waals surface area contributed by atoms with Gasteiger partial charge in [0, 0.05) is 12.6 Å². The molecule has 0 aliphatic rings. The van der Waals surface area contributed by atoms with Crippen LogP contribution in [-0.2, 0) is 17.8 Å². The van der Waals surface area contributed by atoms with Gasteiger partial charge < -0.3 is 5.32 Å². The number of carbonyl (C=O) groups is 1. The highest BCUT2D eigenvalue weighted by atomic mass is 16.1. The average Bonchev–Trinajstić information content (AvgIpc) is 2.65. The highest BCUT2D eigenvalue weighted by Gasteiger charge is 2.02. The van der Waals surface area contributed by atoms with E-state index in [9.17, 15) is 4.79 Å². The van der Waals surface area contributed by atoms with Crippen LogP contribution in [0.3, 0.4) is 0 Å². The van der Waals surface area contributed by atoms with Crippen LogP contribution in [-0.4, -0.2) is 5.91 Å². The van der Waals surface area contributed by atoms with Crippen molar-refractivity contribution in [3.05, 3.63) is 89.5 Å². The lowest BCUT2D eigenvalue weighted by atomic mass is 10.0. The summed E-state index contributed by atoms with van der Waals surface area (Å²) >= 11 is 0. The fraction of sp³-hybridized carbons (Fsp3) is 0.208. The summed E-state index contributed by atoms with van der Waals surface area (Å²) in [7, 11) is 0. The van der Waals surface area contributed by atoms with Crippen molar-refractivity contribution in [2.24, 2.45) is 5.92 Å². The summed E-state index contributed by atoms with van der Waals surface area (Å²) in [6.07, 6.45) is 4.54. The topological polar surface area (TPSA) is 29.1 Å². The van der Waals surface area contributed by atoms with Gasteiger partial charge in [0.05, 0.1) is 0 Å². The van der Waals surface area contributed by atoms with Gasteiger partial charge in [-0.05, 0) is 45.9 Å². The molecule has 3 aromatic carbocycles. The Bertz CT molecular complexity index is 902. The molecule has 2 nitrogen and oxygen atoms in total. The zero-order valence-corrected chi connectivity index (χ0v) is 15.4. The minimum atomic E-state index is -0.0795. The molecule has 0 saturated carbocycles. The molecule has 3 aromatic rings. The van der Waals surface area contributed by atoms with Crippen LogP contribution in [0, 0.1) is 5.92 Å². The molecule has 0 atom stereocenters. The third-order valence-electron chi connectivity index (χ3n) is 4.38. The molecule has 1 amide bonds. The number of benzene rings is 3. The third kappa shape index (κ3) is 4.82. The van der Waals surface area contributed by atoms with Crippen molar-refractivity contribution in [3.63, 3.8) is 0 Å². The molecule has 0 aromatic heterocycles. The first-order valence-corrected chi connectivity index (χ1v) is 9.13. The van der Waals surface area contributed by atoms with Gasteiger partial charge in [-0.3, -0.25) is 4.79 Å². The molecule has 0 fully saturated rings. The van der Waals surface area contributed by atoms with Crippen molar-refractivity contribution in [2.45, 2.75) is 26.8 Å². The van der Waals surface area contributed by atoms with E-state index in [0.717, 1.165) is 17.5 Å². The Morgan fingerprint density at radius 1 is 0.962 bits per heavy atom. The van der Waals surface area contributed by atoms with Crippen molar-refractivity contribution < 1.29 is 4.79 Å². The second-order valence-electron chi connectivity index (χ2n) is 7.03. The van der Waals surface area contributed by atoms with Gasteiger partial charge >= 0.3 is 0 Å². The van der Waals surface area contributed by atoms with Crippen molar-refractivity contribution in [2.75, 3.05) is 0 Å². The second kappa shape index (κ2) is 8.48. The lowest BCUT2D eigenvalue weighted by molar-refractivity contribution is -0.116. The SMILES string of the molecule is CC(C)Cc1ccc(/C=C/C(=O)NCc2cccc3ccccc23)cc1. The molecule has 3 rings (SSSR count). The van der Waals surface area contributed by atoms with Crippen LogP contribution in [0.2, 0.25) is 0 Å². The van der Waals surface area contributed by atoms with Crippen LogP contribution >= 0.6 is 0 Å². The smallest absolute Gasteiger partial charge is 0.244 e. The molecule has 26 heavy (non-hydrogen) atoms. The maximum absolute atomic E-state index is 12.1. The van der Waals surface area contributed by atoms with Crippen molar-refractivity contribution in [1.29, 1.82) is 0 Å². The zero-order chi connectivity index (χ0) is 18.4. The number of hydrogen-bond acceptors (Lipinski definition) is 1. The number of nitrogens with one attached hydrogen (secondary N) is 1. The van der Waals surface area contributed by atoms with Gasteiger partial charge in [0.2, 0.25) is 5.91 Å². The molecule has 132 valence electrons. The van der Waals surface area contributed by atoms with E-state index >= 15 is 0 Å². The number of fused-ring (bicyclic) bond motifs is 1. The monoisotopic (exact) mass is 343 g/mol. The molecule has 1 N–H and O–H groups in total. The Hall–Kier alpha value is -2.87. The van der Waals surface area contributed by atoms with Crippen LogP contribution < -0.4 is 5.32 Å². The van der Waals surface area contributed by atoms with Crippen LogP contribution in [0.25, 0.3) is 16.8 Å². The van der Waals surface area contributed by atoms with Crippen molar-refractivity contribution in [1.82, 2.24) is 5.32 Å². The van der Waals surface area contributed by atoms with Crippen LogP contribution in [0.1, 0.15) is 30.5 Å². The molecule has 0 aliphatic heterocycles. The highest BCUT2D eigenvalue weighted by Crippen LogP contribution is 2.18. The van der Waals surface area contributed by atoms with Gasteiger partial charge in [-0.25, -0.2) is 0 Å². The number of rotatable bonds is 6. The molecule has 0 saturated heterocycles. The Morgan fingerprint density at radius 2 is 1.69 bits per heavy atom. The van der Waals surface area contributed by atoms with E-state index in [0.29, 0.717) is 12.5 Å². The summed E-state index contributed by atoms with van der Waals surface area (Å²) in [5, 5.41) is 5.34. The summed E-state index contributed by atoms with van der Waals surface area (Å²) in [6, 6.07) is 22.8. The fourth-order valence-electron chi connectivity index (χ4n) is 3.10. The fourth-order valence-corrected chi connectivity index (χ4v) is 3.10. The van der Waals surface area contributed by atoms with Gasteiger partial charge in [0.15, 0.2) is 0 Å². The summed E-state index contributed by atoms with van der Waals surface area (Å²) in [5.41, 5.74) is 3.50. The summed E-state index contributed by atoms with van der Waals surface area (Å²) in [5.74, 6) is 0.570. The predicted molar refractivity (Wildman–Crippen MR) is 110 cm³/mol. The van der Waals surface area contributed by atoms with Crippen molar-refractivity contribution >= 4 is 22.8 Å². The minimum Gasteiger partial charge on any atom is -0.348 e. The Balaban J connectivity index is 1.59. The molecule has 0 radical (unpaired) electrons. The summed E-state index contributed by atoms with van der Waals surface area (Å²) in [6.45, 7) is 4.96. The highest BCUT2D eigenvalue weighted by molar-refractivity contribution is 5.92. The predicted octanol–water partition coefficient (Wildman–Crippen LogP) is 5.37. The lowest BCUT2D eigenvalue weighted by Crippen LogP contribution is -2.20. The van der Waals surface area contributed by atoms with Gasteiger partial charge in [-0.2, -0.15) is 0 Å². The first-order valence-electron chi connectivity index (χ1n) is 9.13. The Kier molecular flexibility index (Phi) is 5.85. The molecule has 0 bridgehead atoms. The van der Waals surface area contributed by atoms with E-state index in [-0.39, 0.29) is 5.91 Å². The first-order chi connectivity index (χ1) is 12.6. The molecular weight excluding hydrogens is 318 g/mol. The van der Waals surface area contributed by atoms with Gasteiger partial charge in [-0.15, -0.1) is 0 Å². The molecule has 0 aliphatic carbocycles. The van der Waals surface area contributed by atoms with Crippen LogP contribution in [0.4, 0.5) is 0 Å². The van der Waals surface area contributed by atoms with Crippen LogP contribution in [0.15, 0.2) is 72.8 Å². The summed E-state index contributed by atoms with van der Waals surface area (Å²) in [4.78, 5) is 12.1. The number of amides is 1. The maximum atomic E-state index is 12.1. The quantitative estimate of drug-likeness (QED) is 0.599. The summed E-state index contributed by atoms with van der Waals surface area (Å²) < 4.78 is 0. The molecule has 0 heterocycles. The van der Waals surface area contributed by atoms with E-state index in [1.165, 1.54) is 16.3 Å². The van der Waals surface area contributed by atoms with Gasteiger partial charge in [0.25, 0.3) is 0 Å². The lowest BCUT2D eigenvalue weighted by Gasteiger charge is -2.07. The first kappa shape index (κ1) is 17.9. The molecular formula is C24H25NO. The Labute approximate surface area is 155 Å². The van der Waals surface area contributed by atoms with E-state index in [4.69, 9.17) is 0 Å². The average molecular weight is 343 g/mol. The standard InChI is InChI=1S/C24H25NO/c1-18(2)16-20-12-10-19(11-13-20)14-15-24(26)25-17-22-8-5-7-21-6-3-4-9-23(21)22/h3-15,18H,16-17H2,1-2H3,(H,25,26)/b15-14+. The molecule has 2 heteroatoms. The second-order valence-corrected chi connectivity index (χ2v) is 7.03. The Morgan fingerprint density at radius 3 is 2.46 bits per heavy atom. The minimum absolute atomic E-state index is 0.0795. The normalized spacial score (nSPS) is 11.3. The maximum Gasteiger partial charge on any atom is 0.244 e. The number of carbonyl (C=O) groups excluding carboxylic acids is 1. The van der Waals surface area contributed by atoms with Crippen molar-refractivity contribution in [3.8, 4) is 0 Å². The molecule has 0 unspecified atom stereocenters. The number of hydrogen-bond donors (Lipinski definition) is 1. The van der Waals surface area contributed by atoms with Gasteiger partial charge in [0.1, 0.15) is 0 Å². The zero-order valence-electron chi connectivity index (χ0n) is 15.4. The van der Waals surface area contributed by atoms with Gasteiger partial charge in [-0.1, -0.05) is 80.6 Å². The van der Waals surface area contributed by atoms with E-state index in [1.807, 2.05) is 24.3 Å². The van der Waals surface area contributed by atoms with E-state index < -0.39 is 0 Å². The van der Waals surface area contributed by atoms with E-state index in [2.05, 4.69) is 67.7 Å². The largest absolute Gasteiger partial charge is 0.348 e. The third-order valence-corrected chi connectivity index (χ3v) is 4.38. The molecule has 0 spiro atoms.